The molecule has 0 bridgehead atoms. The van der Waals surface area contributed by atoms with Gasteiger partial charge in [0.05, 0.1) is 12.1 Å². The van der Waals surface area contributed by atoms with Gasteiger partial charge in [0.15, 0.2) is 11.5 Å². The Labute approximate surface area is 119 Å². The predicted octanol–water partition coefficient (Wildman–Crippen LogP) is 2.55. The lowest BCUT2D eigenvalue weighted by atomic mass is 10.2. The van der Waals surface area contributed by atoms with Crippen molar-refractivity contribution >= 4 is 11.6 Å². The molecule has 2 heterocycles. The molecule has 0 atom stereocenters. The van der Waals surface area contributed by atoms with Crippen molar-refractivity contribution in [3.05, 3.63) is 29.7 Å². The van der Waals surface area contributed by atoms with E-state index < -0.39 is 11.7 Å². The molecule has 0 aliphatic heterocycles. The van der Waals surface area contributed by atoms with Gasteiger partial charge < -0.3 is 5.32 Å². The van der Waals surface area contributed by atoms with Crippen LogP contribution in [0.2, 0.25) is 0 Å². The first-order chi connectivity index (χ1) is 9.91. The fourth-order valence-corrected chi connectivity index (χ4v) is 1.83. The molecular formula is C13H15F3N4O. The maximum Gasteiger partial charge on any atom is 0.417 e. The first kappa shape index (κ1) is 15.3. The van der Waals surface area contributed by atoms with Gasteiger partial charge in [0.25, 0.3) is 0 Å². The zero-order valence-corrected chi connectivity index (χ0v) is 11.4. The minimum atomic E-state index is -4.43. The van der Waals surface area contributed by atoms with E-state index in [1.807, 2.05) is 6.92 Å². The topological polar surface area (TPSA) is 59.3 Å². The highest BCUT2D eigenvalue weighted by atomic mass is 19.4. The van der Waals surface area contributed by atoms with Crippen LogP contribution in [0.1, 0.15) is 37.6 Å². The number of halogens is 3. The summed E-state index contributed by atoms with van der Waals surface area (Å²) in [5.41, 5.74) is -0.478. The Morgan fingerprint density at radius 2 is 2.10 bits per heavy atom. The Kier molecular flexibility index (Phi) is 4.44. The number of nitrogens with one attached hydrogen (secondary N) is 1. The number of pyridine rings is 1. The van der Waals surface area contributed by atoms with Crippen LogP contribution in [0.3, 0.4) is 0 Å². The number of fused-ring (bicyclic) bond motifs is 1. The van der Waals surface area contributed by atoms with Crippen molar-refractivity contribution in [1.29, 1.82) is 0 Å². The molecule has 0 radical (unpaired) electrons. The van der Waals surface area contributed by atoms with Gasteiger partial charge in [-0.05, 0) is 18.6 Å². The molecule has 0 unspecified atom stereocenters. The molecule has 0 aromatic carbocycles. The third kappa shape index (κ3) is 3.71. The molecule has 0 saturated carbocycles. The summed E-state index contributed by atoms with van der Waals surface area (Å²) in [4.78, 5) is 11.5. The number of nitrogens with zero attached hydrogens (tertiary/aromatic N) is 3. The number of rotatable bonds is 5. The molecule has 2 aromatic heterocycles. The van der Waals surface area contributed by atoms with Crippen molar-refractivity contribution < 1.29 is 18.0 Å². The minimum Gasteiger partial charge on any atom is -0.349 e. The Balaban J connectivity index is 2.15. The van der Waals surface area contributed by atoms with Gasteiger partial charge in [0, 0.05) is 12.6 Å². The van der Waals surface area contributed by atoms with Gasteiger partial charge in [-0.2, -0.15) is 13.2 Å². The molecule has 0 saturated heterocycles. The summed E-state index contributed by atoms with van der Waals surface area (Å²) in [7, 11) is 0. The van der Waals surface area contributed by atoms with Crippen LogP contribution >= 0.6 is 0 Å². The van der Waals surface area contributed by atoms with E-state index in [0.717, 1.165) is 25.1 Å². The van der Waals surface area contributed by atoms with Crippen molar-refractivity contribution in [1.82, 2.24) is 19.9 Å². The Morgan fingerprint density at radius 1 is 1.33 bits per heavy atom. The summed E-state index contributed by atoms with van der Waals surface area (Å²) >= 11 is 0. The van der Waals surface area contributed by atoms with Crippen molar-refractivity contribution in [3.8, 4) is 0 Å². The summed E-state index contributed by atoms with van der Waals surface area (Å²) in [6, 6.07) is 2.20. The van der Waals surface area contributed by atoms with Crippen LogP contribution in [-0.2, 0) is 17.5 Å². The van der Waals surface area contributed by atoms with Crippen LogP contribution in [-0.4, -0.2) is 20.5 Å². The van der Waals surface area contributed by atoms with Crippen molar-refractivity contribution in [3.63, 3.8) is 0 Å². The third-order valence-electron chi connectivity index (χ3n) is 3.00. The van der Waals surface area contributed by atoms with E-state index in [4.69, 9.17) is 0 Å². The fraction of sp³-hybridized carbons (Fsp3) is 0.462. The molecule has 0 aliphatic carbocycles. The number of amides is 1. The highest BCUT2D eigenvalue weighted by Crippen LogP contribution is 2.29. The number of aromatic nitrogens is 3. The number of unbranched alkanes of at least 4 members (excludes halogenated alkanes) is 1. The third-order valence-corrected chi connectivity index (χ3v) is 3.00. The lowest BCUT2D eigenvalue weighted by Crippen LogP contribution is -2.23. The van der Waals surface area contributed by atoms with Crippen LogP contribution in [0.25, 0.3) is 5.65 Å². The number of hydrogen-bond acceptors (Lipinski definition) is 3. The SMILES string of the molecule is CCCCC(=O)NCc1nnc2ccc(C(F)(F)F)cn12. The Morgan fingerprint density at radius 3 is 2.76 bits per heavy atom. The highest BCUT2D eigenvalue weighted by Gasteiger charge is 2.31. The molecule has 5 nitrogen and oxygen atoms in total. The van der Waals surface area contributed by atoms with Gasteiger partial charge in [0.2, 0.25) is 5.91 Å². The van der Waals surface area contributed by atoms with Gasteiger partial charge in [-0.3, -0.25) is 9.20 Å². The van der Waals surface area contributed by atoms with E-state index in [9.17, 15) is 18.0 Å². The monoisotopic (exact) mass is 300 g/mol. The van der Waals surface area contributed by atoms with E-state index in [2.05, 4.69) is 15.5 Å². The molecule has 0 spiro atoms. The van der Waals surface area contributed by atoms with E-state index >= 15 is 0 Å². The van der Waals surface area contributed by atoms with E-state index in [1.165, 1.54) is 10.5 Å². The van der Waals surface area contributed by atoms with Crippen molar-refractivity contribution in [2.45, 2.75) is 38.9 Å². The summed E-state index contributed by atoms with van der Waals surface area (Å²) in [5, 5.41) is 10.2. The van der Waals surface area contributed by atoms with Crippen LogP contribution in [0, 0.1) is 0 Å². The minimum absolute atomic E-state index is 0.0467. The van der Waals surface area contributed by atoms with Crippen LogP contribution in [0.4, 0.5) is 13.2 Å². The first-order valence-corrected chi connectivity index (χ1v) is 6.59. The average molecular weight is 300 g/mol. The molecule has 2 rings (SSSR count). The van der Waals surface area contributed by atoms with Crippen LogP contribution in [0.5, 0.6) is 0 Å². The maximum atomic E-state index is 12.7. The largest absolute Gasteiger partial charge is 0.417 e. The van der Waals surface area contributed by atoms with Crippen molar-refractivity contribution in [2.75, 3.05) is 0 Å². The first-order valence-electron chi connectivity index (χ1n) is 6.59. The summed E-state index contributed by atoms with van der Waals surface area (Å²) in [5.74, 6) is 0.113. The Hall–Kier alpha value is -2.12. The second kappa shape index (κ2) is 6.11. The molecule has 0 fully saturated rings. The highest BCUT2D eigenvalue weighted by molar-refractivity contribution is 5.75. The smallest absolute Gasteiger partial charge is 0.349 e. The van der Waals surface area contributed by atoms with E-state index in [1.54, 1.807) is 0 Å². The van der Waals surface area contributed by atoms with Crippen molar-refractivity contribution in [2.24, 2.45) is 0 Å². The number of hydrogen-bond donors (Lipinski definition) is 1. The average Bonchev–Trinajstić information content (AvgIpc) is 2.84. The summed E-state index contributed by atoms with van der Waals surface area (Å²) in [6.45, 7) is 2.02. The van der Waals surface area contributed by atoms with E-state index in [-0.39, 0.29) is 18.3 Å². The molecular weight excluding hydrogens is 285 g/mol. The molecule has 8 heteroatoms. The van der Waals surface area contributed by atoms with Gasteiger partial charge in [-0.1, -0.05) is 13.3 Å². The molecule has 0 aliphatic rings. The molecule has 114 valence electrons. The van der Waals surface area contributed by atoms with Gasteiger partial charge in [-0.15, -0.1) is 10.2 Å². The Bertz CT molecular complexity index is 636. The second-order valence-corrected chi connectivity index (χ2v) is 4.64. The zero-order valence-electron chi connectivity index (χ0n) is 11.4. The van der Waals surface area contributed by atoms with Crippen LogP contribution < -0.4 is 5.32 Å². The zero-order chi connectivity index (χ0) is 15.5. The normalized spacial score (nSPS) is 11.8. The lowest BCUT2D eigenvalue weighted by Gasteiger charge is -2.08. The summed E-state index contributed by atoms with van der Waals surface area (Å²) < 4.78 is 39.3. The summed E-state index contributed by atoms with van der Waals surface area (Å²) in [6.07, 6.45) is -1.44. The van der Waals surface area contributed by atoms with Gasteiger partial charge in [-0.25, -0.2) is 0 Å². The molecule has 2 aromatic rings. The van der Waals surface area contributed by atoms with E-state index in [0.29, 0.717) is 12.1 Å². The van der Waals surface area contributed by atoms with Crippen LogP contribution in [0.15, 0.2) is 18.3 Å². The van der Waals surface area contributed by atoms with Gasteiger partial charge in [0.1, 0.15) is 0 Å². The number of carbonyl (C=O) groups excluding carboxylic acids is 1. The second-order valence-electron chi connectivity index (χ2n) is 4.64. The lowest BCUT2D eigenvalue weighted by molar-refractivity contribution is -0.137. The predicted molar refractivity (Wildman–Crippen MR) is 69.4 cm³/mol. The fourth-order valence-electron chi connectivity index (χ4n) is 1.83. The number of carbonyl (C=O) groups is 1. The molecule has 21 heavy (non-hydrogen) atoms. The standard InChI is InChI=1S/C13H15F3N4O/c1-2-3-4-12(21)17-7-11-19-18-10-6-5-9(8-20(10)11)13(14,15)16/h5-6,8H,2-4,7H2,1H3,(H,17,21). The molecule has 1 amide bonds. The quantitative estimate of drug-likeness (QED) is 0.923. The maximum absolute atomic E-state index is 12.7. The number of alkyl halides is 3. The van der Waals surface area contributed by atoms with Gasteiger partial charge >= 0.3 is 6.18 Å². The molecule has 1 N–H and O–H groups in total.